The molecule has 0 aliphatic rings. The maximum atomic E-state index is 12.0. The van der Waals surface area contributed by atoms with Crippen molar-refractivity contribution in [3.63, 3.8) is 0 Å². The number of carbonyl (C=O) groups excluding carboxylic acids is 1. The number of rotatable bonds is 3. The van der Waals surface area contributed by atoms with Crippen LogP contribution in [-0.4, -0.2) is 16.1 Å². The highest BCUT2D eigenvalue weighted by molar-refractivity contribution is 5.96. The second-order valence-corrected chi connectivity index (χ2v) is 4.42. The molecular weight excluding hydrogens is 242 g/mol. The van der Waals surface area contributed by atoms with Gasteiger partial charge in [0.25, 0.3) is 5.91 Å². The van der Waals surface area contributed by atoms with Crippen molar-refractivity contribution in [1.82, 2.24) is 15.5 Å². The molecule has 3 rings (SSSR count). The smallest absolute Gasteiger partial charge is 0.287 e. The third kappa shape index (κ3) is 2.35. The van der Waals surface area contributed by atoms with Crippen molar-refractivity contribution in [2.24, 2.45) is 0 Å². The van der Waals surface area contributed by atoms with Gasteiger partial charge in [0.1, 0.15) is 5.58 Å². The van der Waals surface area contributed by atoms with E-state index in [4.69, 9.17) is 4.42 Å². The van der Waals surface area contributed by atoms with Crippen LogP contribution in [-0.2, 0) is 6.54 Å². The predicted octanol–water partition coefficient (Wildman–Crippen LogP) is 2.39. The summed E-state index contributed by atoms with van der Waals surface area (Å²) in [5.41, 5.74) is 2.70. The number of benzene rings is 1. The Hall–Kier alpha value is -2.56. The number of aromatic nitrogens is 2. The monoisotopic (exact) mass is 255 g/mol. The van der Waals surface area contributed by atoms with Gasteiger partial charge in [0.2, 0.25) is 0 Å². The number of carbonyl (C=O) groups is 1. The van der Waals surface area contributed by atoms with E-state index in [1.807, 2.05) is 31.2 Å². The molecule has 0 bridgehead atoms. The van der Waals surface area contributed by atoms with E-state index in [-0.39, 0.29) is 5.91 Å². The first-order chi connectivity index (χ1) is 9.22. The number of fused-ring (bicyclic) bond motifs is 1. The average molecular weight is 255 g/mol. The Labute approximate surface area is 109 Å². The highest BCUT2D eigenvalue weighted by atomic mass is 16.3. The number of furan rings is 1. The standard InChI is InChI=1S/C14H13N3O2/c1-9-2-3-12-10(6-9)7-13(19-12)14(18)15-8-11-4-5-16-17-11/h2-7H,8H2,1H3,(H,15,18)(H,16,17). The van der Waals surface area contributed by atoms with E-state index in [2.05, 4.69) is 15.5 Å². The first-order valence-electron chi connectivity index (χ1n) is 5.99. The zero-order valence-corrected chi connectivity index (χ0v) is 10.4. The quantitative estimate of drug-likeness (QED) is 0.755. The summed E-state index contributed by atoms with van der Waals surface area (Å²) < 4.78 is 5.52. The lowest BCUT2D eigenvalue weighted by molar-refractivity contribution is 0.0925. The molecule has 0 aliphatic carbocycles. The molecule has 0 aliphatic heterocycles. The molecule has 0 saturated carbocycles. The molecule has 19 heavy (non-hydrogen) atoms. The van der Waals surface area contributed by atoms with Gasteiger partial charge in [0, 0.05) is 11.6 Å². The average Bonchev–Trinajstić information content (AvgIpc) is 3.04. The van der Waals surface area contributed by atoms with E-state index in [0.717, 1.165) is 22.2 Å². The highest BCUT2D eigenvalue weighted by Gasteiger charge is 2.12. The third-order valence-corrected chi connectivity index (χ3v) is 2.89. The van der Waals surface area contributed by atoms with Gasteiger partial charge in [0.15, 0.2) is 5.76 Å². The van der Waals surface area contributed by atoms with Crippen LogP contribution in [0.2, 0.25) is 0 Å². The van der Waals surface area contributed by atoms with Crippen molar-refractivity contribution in [2.75, 3.05) is 0 Å². The van der Waals surface area contributed by atoms with Gasteiger partial charge in [-0.2, -0.15) is 5.10 Å². The van der Waals surface area contributed by atoms with E-state index in [1.54, 1.807) is 12.3 Å². The summed E-state index contributed by atoms with van der Waals surface area (Å²) in [6.07, 6.45) is 1.64. The summed E-state index contributed by atoms with van der Waals surface area (Å²) in [5.74, 6) is 0.0866. The van der Waals surface area contributed by atoms with Crippen LogP contribution >= 0.6 is 0 Å². The van der Waals surface area contributed by atoms with Crippen LogP contribution in [0.3, 0.4) is 0 Å². The van der Waals surface area contributed by atoms with Crippen LogP contribution in [0.5, 0.6) is 0 Å². The number of aromatic amines is 1. The molecule has 2 N–H and O–H groups in total. The highest BCUT2D eigenvalue weighted by Crippen LogP contribution is 2.20. The molecule has 0 unspecified atom stereocenters. The molecule has 1 aromatic carbocycles. The van der Waals surface area contributed by atoms with Crippen molar-refractivity contribution in [3.05, 3.63) is 53.5 Å². The van der Waals surface area contributed by atoms with Crippen molar-refractivity contribution < 1.29 is 9.21 Å². The number of hydrogen-bond donors (Lipinski definition) is 2. The predicted molar refractivity (Wildman–Crippen MR) is 70.7 cm³/mol. The normalized spacial score (nSPS) is 10.8. The molecule has 5 heteroatoms. The molecule has 0 saturated heterocycles. The van der Waals surface area contributed by atoms with Gasteiger partial charge in [-0.15, -0.1) is 0 Å². The van der Waals surface area contributed by atoms with Gasteiger partial charge in [0.05, 0.1) is 12.2 Å². The topological polar surface area (TPSA) is 70.9 Å². The molecule has 2 heterocycles. The Balaban J connectivity index is 1.77. The first-order valence-corrected chi connectivity index (χ1v) is 5.99. The Morgan fingerprint density at radius 1 is 1.37 bits per heavy atom. The minimum absolute atomic E-state index is 0.233. The van der Waals surface area contributed by atoms with E-state index in [9.17, 15) is 4.79 Å². The molecule has 5 nitrogen and oxygen atoms in total. The van der Waals surface area contributed by atoms with E-state index < -0.39 is 0 Å². The number of nitrogens with zero attached hydrogens (tertiary/aromatic N) is 1. The van der Waals surface area contributed by atoms with Crippen molar-refractivity contribution in [3.8, 4) is 0 Å². The molecule has 0 fully saturated rings. The van der Waals surface area contributed by atoms with E-state index >= 15 is 0 Å². The number of aryl methyl sites for hydroxylation is 1. The second-order valence-electron chi connectivity index (χ2n) is 4.42. The lowest BCUT2D eigenvalue weighted by Crippen LogP contribution is -2.22. The Bertz CT molecular complexity index is 713. The van der Waals surface area contributed by atoms with E-state index in [0.29, 0.717) is 12.3 Å². The summed E-state index contributed by atoms with van der Waals surface area (Å²) in [6.45, 7) is 2.40. The Kier molecular flexibility index (Phi) is 2.79. The molecule has 0 spiro atoms. The van der Waals surface area contributed by atoms with Gasteiger partial charge >= 0.3 is 0 Å². The molecule has 96 valence electrons. The van der Waals surface area contributed by atoms with Crippen molar-refractivity contribution >= 4 is 16.9 Å². The maximum Gasteiger partial charge on any atom is 0.287 e. The number of hydrogen-bond acceptors (Lipinski definition) is 3. The molecular formula is C14H13N3O2. The minimum atomic E-state index is -0.233. The summed E-state index contributed by atoms with van der Waals surface area (Å²) >= 11 is 0. The summed E-state index contributed by atoms with van der Waals surface area (Å²) in [4.78, 5) is 12.0. The SMILES string of the molecule is Cc1ccc2oc(C(=O)NCc3ccn[nH]3)cc2c1. The largest absolute Gasteiger partial charge is 0.451 e. The fraction of sp³-hybridized carbons (Fsp3) is 0.143. The number of amides is 1. The number of nitrogens with one attached hydrogen (secondary N) is 2. The molecule has 1 amide bonds. The fourth-order valence-electron chi connectivity index (χ4n) is 1.92. The zero-order valence-electron chi connectivity index (χ0n) is 10.4. The van der Waals surface area contributed by atoms with E-state index in [1.165, 1.54) is 0 Å². The number of H-pyrrole nitrogens is 1. The van der Waals surface area contributed by atoms with Crippen molar-refractivity contribution in [1.29, 1.82) is 0 Å². The second kappa shape index (κ2) is 4.61. The Morgan fingerprint density at radius 3 is 3.05 bits per heavy atom. The lowest BCUT2D eigenvalue weighted by atomic mass is 10.2. The van der Waals surface area contributed by atoms with Crippen LogP contribution in [0, 0.1) is 6.92 Å². The Morgan fingerprint density at radius 2 is 2.26 bits per heavy atom. The fourth-order valence-corrected chi connectivity index (χ4v) is 1.92. The first kappa shape index (κ1) is 11.5. The van der Waals surface area contributed by atoms with Crippen LogP contribution in [0.15, 0.2) is 40.9 Å². The van der Waals surface area contributed by atoms with Gasteiger partial charge < -0.3 is 9.73 Å². The van der Waals surface area contributed by atoms with Crippen LogP contribution in [0.1, 0.15) is 21.8 Å². The van der Waals surface area contributed by atoms with Gasteiger partial charge in [-0.3, -0.25) is 9.89 Å². The summed E-state index contributed by atoms with van der Waals surface area (Å²) in [6, 6.07) is 9.38. The third-order valence-electron chi connectivity index (χ3n) is 2.89. The molecule has 2 aromatic heterocycles. The van der Waals surface area contributed by atoms with Crippen molar-refractivity contribution in [2.45, 2.75) is 13.5 Å². The molecule has 0 radical (unpaired) electrons. The van der Waals surface area contributed by atoms with Gasteiger partial charge in [-0.05, 0) is 31.2 Å². The van der Waals surface area contributed by atoms with Crippen LogP contribution < -0.4 is 5.32 Å². The van der Waals surface area contributed by atoms with Crippen LogP contribution in [0.25, 0.3) is 11.0 Å². The maximum absolute atomic E-state index is 12.0. The lowest BCUT2D eigenvalue weighted by Gasteiger charge is -1.99. The van der Waals surface area contributed by atoms with Crippen LogP contribution in [0.4, 0.5) is 0 Å². The summed E-state index contributed by atoms with van der Waals surface area (Å²) in [7, 11) is 0. The van der Waals surface area contributed by atoms with Gasteiger partial charge in [-0.25, -0.2) is 0 Å². The van der Waals surface area contributed by atoms with Gasteiger partial charge in [-0.1, -0.05) is 11.6 Å². The molecule has 3 aromatic rings. The molecule has 0 atom stereocenters. The summed E-state index contributed by atoms with van der Waals surface area (Å²) in [5, 5.41) is 10.3. The minimum Gasteiger partial charge on any atom is -0.451 e. The zero-order chi connectivity index (χ0) is 13.2.